The summed E-state index contributed by atoms with van der Waals surface area (Å²) in [4.78, 5) is 17.6. The van der Waals surface area contributed by atoms with E-state index in [4.69, 9.17) is 0 Å². The number of nitrogens with one attached hydrogen (secondary N) is 2. The maximum absolute atomic E-state index is 12.3. The van der Waals surface area contributed by atoms with Gasteiger partial charge in [-0.2, -0.15) is 0 Å². The Morgan fingerprint density at radius 3 is 2.95 bits per heavy atom. The van der Waals surface area contributed by atoms with Crippen LogP contribution in [0.2, 0.25) is 0 Å². The van der Waals surface area contributed by atoms with Crippen molar-refractivity contribution in [3.05, 3.63) is 46.3 Å². The van der Waals surface area contributed by atoms with Crippen molar-refractivity contribution in [3.8, 4) is 0 Å². The molecule has 0 aliphatic heterocycles. The molecule has 4 nitrogen and oxygen atoms in total. The second kappa shape index (κ2) is 6.33. The molecule has 2 aromatic heterocycles. The van der Waals surface area contributed by atoms with Gasteiger partial charge in [0.25, 0.3) is 5.91 Å². The number of pyridine rings is 1. The highest BCUT2D eigenvalue weighted by Crippen LogP contribution is 2.19. The van der Waals surface area contributed by atoms with Crippen LogP contribution in [0, 0.1) is 0 Å². The average molecular weight is 275 g/mol. The van der Waals surface area contributed by atoms with E-state index >= 15 is 0 Å². The molecular weight excluding hydrogens is 258 g/mol. The monoisotopic (exact) mass is 275 g/mol. The summed E-state index contributed by atoms with van der Waals surface area (Å²) in [5.41, 5.74) is 0.577. The van der Waals surface area contributed by atoms with Gasteiger partial charge in [0.1, 0.15) is 5.82 Å². The predicted molar refractivity (Wildman–Crippen MR) is 78.6 cm³/mol. The summed E-state index contributed by atoms with van der Waals surface area (Å²) in [6.45, 7) is 4.69. The van der Waals surface area contributed by atoms with Crippen molar-refractivity contribution < 1.29 is 4.79 Å². The van der Waals surface area contributed by atoms with Gasteiger partial charge in [-0.05, 0) is 37.4 Å². The second-order valence-corrected chi connectivity index (χ2v) is 5.12. The highest BCUT2D eigenvalue weighted by molar-refractivity contribution is 7.10. The summed E-state index contributed by atoms with van der Waals surface area (Å²) in [6.07, 6.45) is 1.68. The van der Waals surface area contributed by atoms with Crippen molar-refractivity contribution in [1.82, 2.24) is 10.3 Å². The summed E-state index contributed by atoms with van der Waals surface area (Å²) >= 11 is 1.64. The molecule has 0 aliphatic carbocycles. The first-order valence-electron chi connectivity index (χ1n) is 6.25. The van der Waals surface area contributed by atoms with Crippen molar-refractivity contribution in [2.75, 3.05) is 11.9 Å². The minimum atomic E-state index is -0.107. The van der Waals surface area contributed by atoms with E-state index in [1.165, 1.54) is 0 Å². The quantitative estimate of drug-likeness (QED) is 0.881. The van der Waals surface area contributed by atoms with Crippen molar-refractivity contribution in [1.29, 1.82) is 0 Å². The van der Waals surface area contributed by atoms with Crippen LogP contribution < -0.4 is 10.6 Å². The average Bonchev–Trinajstić information content (AvgIpc) is 2.93. The van der Waals surface area contributed by atoms with Gasteiger partial charge in [0.15, 0.2) is 0 Å². The van der Waals surface area contributed by atoms with Crippen LogP contribution in [-0.4, -0.2) is 17.4 Å². The third-order valence-electron chi connectivity index (χ3n) is 2.71. The number of carbonyl (C=O) groups is 1. The van der Waals surface area contributed by atoms with Crippen LogP contribution in [0.25, 0.3) is 0 Å². The Hall–Kier alpha value is -1.88. The van der Waals surface area contributed by atoms with Crippen molar-refractivity contribution in [2.24, 2.45) is 0 Å². The lowest BCUT2D eigenvalue weighted by Crippen LogP contribution is -2.27. The Labute approximate surface area is 116 Å². The van der Waals surface area contributed by atoms with E-state index in [-0.39, 0.29) is 11.9 Å². The molecule has 19 heavy (non-hydrogen) atoms. The largest absolute Gasteiger partial charge is 0.370 e. The van der Waals surface area contributed by atoms with Gasteiger partial charge in [0.2, 0.25) is 0 Å². The van der Waals surface area contributed by atoms with Crippen molar-refractivity contribution in [3.63, 3.8) is 0 Å². The number of rotatable bonds is 5. The Bertz CT molecular complexity index is 539. The van der Waals surface area contributed by atoms with E-state index in [0.717, 1.165) is 11.4 Å². The maximum Gasteiger partial charge on any atom is 0.255 e. The highest BCUT2D eigenvalue weighted by Gasteiger charge is 2.15. The lowest BCUT2D eigenvalue weighted by atomic mass is 10.2. The molecule has 0 radical (unpaired) electrons. The Morgan fingerprint density at radius 1 is 1.42 bits per heavy atom. The zero-order valence-corrected chi connectivity index (χ0v) is 11.8. The molecule has 1 amide bonds. The maximum atomic E-state index is 12.3. The van der Waals surface area contributed by atoms with E-state index in [2.05, 4.69) is 15.6 Å². The van der Waals surface area contributed by atoms with Gasteiger partial charge in [-0.1, -0.05) is 6.07 Å². The Kier molecular flexibility index (Phi) is 4.52. The zero-order valence-electron chi connectivity index (χ0n) is 11.0. The predicted octanol–water partition coefficient (Wildman–Crippen LogP) is 3.07. The fourth-order valence-corrected chi connectivity index (χ4v) is 2.51. The summed E-state index contributed by atoms with van der Waals surface area (Å²) in [5, 5.41) is 8.09. The summed E-state index contributed by atoms with van der Waals surface area (Å²) < 4.78 is 0. The van der Waals surface area contributed by atoms with E-state index < -0.39 is 0 Å². The molecule has 2 N–H and O–H groups in total. The van der Waals surface area contributed by atoms with Gasteiger partial charge in [0, 0.05) is 17.6 Å². The van der Waals surface area contributed by atoms with Gasteiger partial charge >= 0.3 is 0 Å². The fourth-order valence-electron chi connectivity index (χ4n) is 1.78. The summed E-state index contributed by atoms with van der Waals surface area (Å²) in [7, 11) is 0. The Morgan fingerprint density at radius 2 is 2.26 bits per heavy atom. The number of anilines is 1. The smallest absolute Gasteiger partial charge is 0.255 e. The summed E-state index contributed by atoms with van der Waals surface area (Å²) in [6, 6.07) is 7.55. The topological polar surface area (TPSA) is 54.0 Å². The number of amides is 1. The fraction of sp³-hybridized carbons (Fsp3) is 0.286. The molecular formula is C14H17N3OS. The molecule has 0 saturated heterocycles. The van der Waals surface area contributed by atoms with Gasteiger partial charge in [-0.3, -0.25) is 4.79 Å². The molecule has 0 spiro atoms. The third-order valence-corrected chi connectivity index (χ3v) is 3.77. The zero-order chi connectivity index (χ0) is 13.7. The second-order valence-electron chi connectivity index (χ2n) is 4.14. The minimum Gasteiger partial charge on any atom is -0.370 e. The lowest BCUT2D eigenvalue weighted by Gasteiger charge is -2.14. The van der Waals surface area contributed by atoms with Crippen LogP contribution in [0.4, 0.5) is 5.82 Å². The molecule has 1 atom stereocenters. The molecule has 0 fully saturated rings. The van der Waals surface area contributed by atoms with Gasteiger partial charge in [0.05, 0.1) is 11.6 Å². The van der Waals surface area contributed by atoms with E-state index in [1.54, 1.807) is 29.7 Å². The van der Waals surface area contributed by atoms with Crippen LogP contribution in [-0.2, 0) is 0 Å². The molecule has 100 valence electrons. The molecule has 2 rings (SSSR count). The molecule has 5 heteroatoms. The van der Waals surface area contributed by atoms with Gasteiger partial charge in [-0.25, -0.2) is 4.98 Å². The molecule has 0 aliphatic rings. The summed E-state index contributed by atoms with van der Waals surface area (Å²) in [5.74, 6) is 0.519. The minimum absolute atomic E-state index is 0.00202. The molecule has 0 aromatic carbocycles. The highest BCUT2D eigenvalue weighted by atomic mass is 32.1. The van der Waals surface area contributed by atoms with Crippen molar-refractivity contribution >= 4 is 23.1 Å². The van der Waals surface area contributed by atoms with Gasteiger partial charge in [-0.15, -0.1) is 11.3 Å². The standard InChI is InChI=1S/C14H17N3OS/c1-3-15-13-11(6-4-8-16-13)14(18)17-10(2)12-7-5-9-19-12/h4-10H,3H2,1-2H3,(H,15,16)(H,17,18). The van der Waals surface area contributed by atoms with E-state index in [1.807, 2.05) is 31.4 Å². The molecule has 1 unspecified atom stereocenters. The molecule has 0 saturated carbocycles. The van der Waals surface area contributed by atoms with Crippen LogP contribution in [0.1, 0.15) is 35.1 Å². The Balaban J connectivity index is 2.11. The third kappa shape index (κ3) is 3.32. The number of hydrogen-bond donors (Lipinski definition) is 2. The SMILES string of the molecule is CCNc1ncccc1C(=O)NC(C)c1cccs1. The van der Waals surface area contributed by atoms with Crippen LogP contribution in [0.3, 0.4) is 0 Å². The van der Waals surface area contributed by atoms with E-state index in [9.17, 15) is 4.79 Å². The first kappa shape index (κ1) is 13.5. The number of hydrogen-bond acceptors (Lipinski definition) is 4. The van der Waals surface area contributed by atoms with E-state index in [0.29, 0.717) is 11.4 Å². The number of nitrogens with zero attached hydrogens (tertiary/aromatic N) is 1. The van der Waals surface area contributed by atoms with Crippen LogP contribution in [0.15, 0.2) is 35.8 Å². The number of carbonyl (C=O) groups excluding carboxylic acids is 1. The number of aromatic nitrogens is 1. The number of thiophene rings is 1. The van der Waals surface area contributed by atoms with Gasteiger partial charge < -0.3 is 10.6 Å². The van der Waals surface area contributed by atoms with Crippen LogP contribution >= 0.6 is 11.3 Å². The molecule has 2 aromatic rings. The molecule has 2 heterocycles. The lowest BCUT2D eigenvalue weighted by molar-refractivity contribution is 0.0941. The molecule has 0 bridgehead atoms. The van der Waals surface area contributed by atoms with Crippen LogP contribution in [0.5, 0.6) is 0 Å². The normalized spacial score (nSPS) is 11.9. The first-order valence-corrected chi connectivity index (χ1v) is 7.13. The first-order chi connectivity index (χ1) is 9.22. The van der Waals surface area contributed by atoms with Crippen molar-refractivity contribution in [2.45, 2.75) is 19.9 Å².